The van der Waals surface area contributed by atoms with Crippen LogP contribution in [0.25, 0.3) is 0 Å². The van der Waals surface area contributed by atoms with Crippen molar-refractivity contribution in [3.8, 4) is 0 Å². The predicted octanol–water partition coefficient (Wildman–Crippen LogP) is 0.505. The van der Waals surface area contributed by atoms with Gasteiger partial charge in [-0.05, 0) is 24.6 Å². The van der Waals surface area contributed by atoms with Gasteiger partial charge in [0.15, 0.2) is 0 Å². The molecule has 1 N–H and O–H groups in total. The molecule has 0 aliphatic carbocycles. The lowest BCUT2D eigenvalue weighted by molar-refractivity contribution is 0.197. The van der Waals surface area contributed by atoms with Gasteiger partial charge in [0.25, 0.3) is 0 Å². The molecule has 0 spiro atoms. The lowest BCUT2D eigenvalue weighted by Crippen LogP contribution is -2.42. The molecule has 2 amide bonds. The van der Waals surface area contributed by atoms with E-state index in [9.17, 15) is 13.2 Å². The highest BCUT2D eigenvalue weighted by Gasteiger charge is 2.14. The number of sulfonamides is 1. The van der Waals surface area contributed by atoms with Crippen molar-refractivity contribution >= 4 is 16.1 Å². The van der Waals surface area contributed by atoms with Gasteiger partial charge >= 0.3 is 6.03 Å². The van der Waals surface area contributed by atoms with Gasteiger partial charge in [-0.15, -0.1) is 0 Å². The summed E-state index contributed by atoms with van der Waals surface area (Å²) in [6.45, 7) is 3.47. The molecule has 0 aromatic carbocycles. The van der Waals surface area contributed by atoms with Crippen molar-refractivity contribution in [2.45, 2.75) is 13.5 Å². The van der Waals surface area contributed by atoms with Crippen LogP contribution in [0.2, 0.25) is 0 Å². The molecule has 0 fully saturated rings. The molecule has 1 aromatic rings. The molecule has 118 valence electrons. The summed E-state index contributed by atoms with van der Waals surface area (Å²) in [4.78, 5) is 17.6. The van der Waals surface area contributed by atoms with Crippen molar-refractivity contribution in [1.82, 2.24) is 19.5 Å². The Morgan fingerprint density at radius 3 is 2.48 bits per heavy atom. The highest BCUT2D eigenvalue weighted by molar-refractivity contribution is 7.88. The highest BCUT2D eigenvalue weighted by Crippen LogP contribution is 2.03. The van der Waals surface area contributed by atoms with Gasteiger partial charge in [-0.3, -0.25) is 4.98 Å². The number of likely N-dealkylation sites (N-methyl/N-ethyl adjacent to an activating group) is 1. The second-order valence-electron chi connectivity index (χ2n) is 4.69. The molecular formula is C13H22N4O3S. The summed E-state index contributed by atoms with van der Waals surface area (Å²) in [6.07, 6.45) is 4.50. The molecule has 0 unspecified atom stereocenters. The smallest absolute Gasteiger partial charge is 0.317 e. The monoisotopic (exact) mass is 314 g/mol. The summed E-state index contributed by atoms with van der Waals surface area (Å²) in [6, 6.07) is 3.50. The highest BCUT2D eigenvalue weighted by atomic mass is 32.2. The standard InChI is InChI=1S/C13H22N4O3S/c1-4-17(11-12-5-7-14-8-6-12)13(18)15-9-10-16(2)21(3,19)20/h5-8H,4,9-11H2,1-3H3,(H,15,18). The molecule has 1 rings (SSSR count). The summed E-state index contributed by atoms with van der Waals surface area (Å²) >= 11 is 0. The van der Waals surface area contributed by atoms with Gasteiger partial charge in [0, 0.05) is 45.6 Å². The van der Waals surface area contributed by atoms with Crippen molar-refractivity contribution in [3.63, 3.8) is 0 Å². The second kappa shape index (κ2) is 7.94. The largest absolute Gasteiger partial charge is 0.337 e. The number of amides is 2. The summed E-state index contributed by atoms with van der Waals surface area (Å²) in [5.74, 6) is 0. The first-order valence-electron chi connectivity index (χ1n) is 6.67. The van der Waals surface area contributed by atoms with Crippen LogP contribution in [-0.2, 0) is 16.6 Å². The number of hydrogen-bond acceptors (Lipinski definition) is 4. The van der Waals surface area contributed by atoms with E-state index in [0.717, 1.165) is 11.8 Å². The van der Waals surface area contributed by atoms with Gasteiger partial charge in [0.1, 0.15) is 0 Å². The van der Waals surface area contributed by atoms with E-state index < -0.39 is 10.0 Å². The summed E-state index contributed by atoms with van der Waals surface area (Å²) in [5.41, 5.74) is 0.996. The summed E-state index contributed by atoms with van der Waals surface area (Å²) in [7, 11) is -1.73. The van der Waals surface area contributed by atoms with Crippen LogP contribution in [-0.4, -0.2) is 61.6 Å². The maximum atomic E-state index is 12.0. The van der Waals surface area contributed by atoms with E-state index in [1.165, 1.54) is 11.4 Å². The van der Waals surface area contributed by atoms with Crippen molar-refractivity contribution in [1.29, 1.82) is 0 Å². The quantitative estimate of drug-likeness (QED) is 0.795. The van der Waals surface area contributed by atoms with Crippen LogP contribution in [0.4, 0.5) is 4.79 Å². The molecule has 7 nitrogen and oxygen atoms in total. The Labute approximate surface area is 126 Å². The molecule has 0 saturated heterocycles. The molecule has 8 heteroatoms. The van der Waals surface area contributed by atoms with E-state index in [-0.39, 0.29) is 19.1 Å². The fourth-order valence-electron chi connectivity index (χ4n) is 1.63. The Morgan fingerprint density at radius 1 is 1.33 bits per heavy atom. The fourth-order valence-corrected chi connectivity index (χ4v) is 2.06. The maximum Gasteiger partial charge on any atom is 0.317 e. The van der Waals surface area contributed by atoms with Gasteiger partial charge in [-0.2, -0.15) is 0 Å². The van der Waals surface area contributed by atoms with Gasteiger partial charge < -0.3 is 10.2 Å². The predicted molar refractivity (Wildman–Crippen MR) is 81.2 cm³/mol. The number of carbonyl (C=O) groups excluding carboxylic acids is 1. The molecule has 0 bridgehead atoms. The Balaban J connectivity index is 2.45. The molecular weight excluding hydrogens is 292 g/mol. The Bertz CT molecular complexity index is 548. The number of aromatic nitrogens is 1. The first-order valence-corrected chi connectivity index (χ1v) is 8.52. The fraction of sp³-hybridized carbons (Fsp3) is 0.538. The zero-order chi connectivity index (χ0) is 15.9. The third-order valence-electron chi connectivity index (χ3n) is 3.06. The minimum absolute atomic E-state index is 0.212. The summed E-state index contributed by atoms with van der Waals surface area (Å²) in [5, 5.41) is 2.72. The normalized spacial score (nSPS) is 11.4. The molecule has 0 radical (unpaired) electrons. The van der Waals surface area contributed by atoms with Crippen LogP contribution in [0, 0.1) is 0 Å². The van der Waals surface area contributed by atoms with Crippen LogP contribution in [0.1, 0.15) is 12.5 Å². The number of urea groups is 1. The number of hydrogen-bond donors (Lipinski definition) is 1. The van der Waals surface area contributed by atoms with E-state index >= 15 is 0 Å². The average molecular weight is 314 g/mol. The second-order valence-corrected chi connectivity index (χ2v) is 6.78. The van der Waals surface area contributed by atoms with E-state index in [4.69, 9.17) is 0 Å². The van der Waals surface area contributed by atoms with Crippen molar-refractivity contribution in [2.75, 3.05) is 32.9 Å². The van der Waals surface area contributed by atoms with Gasteiger partial charge in [-0.25, -0.2) is 17.5 Å². The van der Waals surface area contributed by atoms with Gasteiger partial charge in [0.05, 0.1) is 6.26 Å². The van der Waals surface area contributed by atoms with Crippen LogP contribution in [0.5, 0.6) is 0 Å². The lowest BCUT2D eigenvalue weighted by atomic mass is 10.2. The van der Waals surface area contributed by atoms with Crippen molar-refractivity contribution in [3.05, 3.63) is 30.1 Å². The van der Waals surface area contributed by atoms with E-state index in [1.54, 1.807) is 17.3 Å². The Morgan fingerprint density at radius 2 is 1.95 bits per heavy atom. The molecule has 0 aliphatic rings. The van der Waals surface area contributed by atoms with Crippen LogP contribution >= 0.6 is 0 Å². The Kier molecular flexibility index (Phi) is 6.57. The number of rotatable bonds is 7. The third-order valence-corrected chi connectivity index (χ3v) is 4.38. The van der Waals surface area contributed by atoms with Crippen molar-refractivity contribution in [2.24, 2.45) is 0 Å². The van der Waals surface area contributed by atoms with Crippen LogP contribution in [0.15, 0.2) is 24.5 Å². The van der Waals surface area contributed by atoms with E-state index in [1.807, 2.05) is 19.1 Å². The van der Waals surface area contributed by atoms with Crippen molar-refractivity contribution < 1.29 is 13.2 Å². The zero-order valence-corrected chi connectivity index (χ0v) is 13.4. The lowest BCUT2D eigenvalue weighted by Gasteiger charge is -2.22. The average Bonchev–Trinajstić information content (AvgIpc) is 2.44. The third kappa shape index (κ3) is 6.09. The topological polar surface area (TPSA) is 82.6 Å². The maximum absolute atomic E-state index is 12.0. The molecule has 1 aromatic heterocycles. The van der Waals surface area contributed by atoms with Gasteiger partial charge in [-0.1, -0.05) is 0 Å². The first kappa shape index (κ1) is 17.4. The van der Waals surface area contributed by atoms with E-state index in [0.29, 0.717) is 13.1 Å². The van der Waals surface area contributed by atoms with Crippen LogP contribution < -0.4 is 5.32 Å². The minimum atomic E-state index is -3.21. The number of carbonyl (C=O) groups is 1. The molecule has 0 saturated carbocycles. The number of nitrogens with one attached hydrogen (secondary N) is 1. The Hall–Kier alpha value is -1.67. The molecule has 21 heavy (non-hydrogen) atoms. The van der Waals surface area contributed by atoms with E-state index in [2.05, 4.69) is 10.3 Å². The number of pyridine rings is 1. The SMILES string of the molecule is CCN(Cc1ccncc1)C(=O)NCCN(C)S(C)(=O)=O. The number of nitrogens with zero attached hydrogens (tertiary/aromatic N) is 3. The summed E-state index contributed by atoms with van der Waals surface area (Å²) < 4.78 is 23.7. The molecule has 0 atom stereocenters. The first-order chi connectivity index (χ1) is 9.84. The zero-order valence-electron chi connectivity index (χ0n) is 12.6. The molecule has 0 aliphatic heterocycles. The van der Waals surface area contributed by atoms with Gasteiger partial charge in [0.2, 0.25) is 10.0 Å². The minimum Gasteiger partial charge on any atom is -0.337 e. The molecule has 1 heterocycles. The van der Waals surface area contributed by atoms with Crippen LogP contribution in [0.3, 0.4) is 0 Å².